The van der Waals surface area contributed by atoms with Crippen LogP contribution in [0.4, 0.5) is 10.6 Å². The Bertz CT molecular complexity index is 957. The van der Waals surface area contributed by atoms with E-state index in [4.69, 9.17) is 4.74 Å². The van der Waals surface area contributed by atoms with Gasteiger partial charge in [-0.1, -0.05) is 68.8 Å². The number of carbonyl (C=O) groups is 2. The van der Waals surface area contributed by atoms with Crippen molar-refractivity contribution < 1.29 is 14.3 Å². The first-order valence-electron chi connectivity index (χ1n) is 9.96. The van der Waals surface area contributed by atoms with Crippen LogP contribution in [-0.4, -0.2) is 27.8 Å². The van der Waals surface area contributed by atoms with Crippen molar-refractivity contribution in [1.82, 2.24) is 15.1 Å². The summed E-state index contributed by atoms with van der Waals surface area (Å²) >= 11 is 0. The zero-order valence-electron chi connectivity index (χ0n) is 17.1. The van der Waals surface area contributed by atoms with E-state index >= 15 is 0 Å². The van der Waals surface area contributed by atoms with Gasteiger partial charge in [-0.3, -0.25) is 4.79 Å². The SMILES string of the molecule is CC[C@H](C)[C@H](NC(=O)OCc1ccccc1)C(=O)Nc1ccn(-c2ccccc2)n1. The average molecular weight is 406 g/mol. The number of carbonyl (C=O) groups excluding carboxylic acids is 2. The van der Waals surface area contributed by atoms with Gasteiger partial charge in [0.25, 0.3) is 0 Å². The molecular formula is C23H26N4O3. The zero-order chi connectivity index (χ0) is 21.3. The first-order valence-corrected chi connectivity index (χ1v) is 9.96. The summed E-state index contributed by atoms with van der Waals surface area (Å²) in [4.78, 5) is 25.1. The molecule has 7 heteroatoms. The molecule has 2 aromatic carbocycles. The normalized spacial score (nSPS) is 12.6. The van der Waals surface area contributed by atoms with E-state index in [1.165, 1.54) is 0 Å². The van der Waals surface area contributed by atoms with Gasteiger partial charge >= 0.3 is 6.09 Å². The third-order valence-electron chi connectivity index (χ3n) is 4.84. The summed E-state index contributed by atoms with van der Waals surface area (Å²) in [6.45, 7) is 4.01. The highest BCUT2D eigenvalue weighted by Gasteiger charge is 2.27. The van der Waals surface area contributed by atoms with Gasteiger partial charge in [0.2, 0.25) is 5.91 Å². The smallest absolute Gasteiger partial charge is 0.408 e. The molecule has 0 saturated carbocycles. The summed E-state index contributed by atoms with van der Waals surface area (Å²) in [7, 11) is 0. The Labute approximate surface area is 176 Å². The minimum absolute atomic E-state index is 0.0783. The van der Waals surface area contributed by atoms with E-state index in [9.17, 15) is 9.59 Å². The number of para-hydroxylation sites is 1. The lowest BCUT2D eigenvalue weighted by atomic mass is 9.98. The third-order valence-corrected chi connectivity index (χ3v) is 4.84. The molecule has 0 spiro atoms. The molecule has 0 saturated heterocycles. The molecule has 2 atom stereocenters. The fourth-order valence-electron chi connectivity index (χ4n) is 2.91. The van der Waals surface area contributed by atoms with Crippen LogP contribution in [0.1, 0.15) is 25.8 Å². The third kappa shape index (κ3) is 5.70. The van der Waals surface area contributed by atoms with E-state index in [2.05, 4.69) is 15.7 Å². The molecule has 7 nitrogen and oxygen atoms in total. The average Bonchev–Trinajstić information content (AvgIpc) is 3.25. The number of benzene rings is 2. The van der Waals surface area contributed by atoms with Crippen LogP contribution in [0.25, 0.3) is 5.69 Å². The van der Waals surface area contributed by atoms with E-state index in [0.717, 1.165) is 17.7 Å². The van der Waals surface area contributed by atoms with Crippen molar-refractivity contribution in [3.63, 3.8) is 0 Å². The van der Waals surface area contributed by atoms with Gasteiger partial charge in [0, 0.05) is 12.3 Å². The molecule has 1 aromatic heterocycles. The maximum atomic E-state index is 12.8. The molecular weight excluding hydrogens is 380 g/mol. The number of alkyl carbamates (subject to hydrolysis) is 1. The molecule has 0 radical (unpaired) electrons. The van der Waals surface area contributed by atoms with Gasteiger partial charge in [-0.25, -0.2) is 9.48 Å². The van der Waals surface area contributed by atoms with Crippen LogP contribution in [0.5, 0.6) is 0 Å². The predicted molar refractivity (Wildman–Crippen MR) is 115 cm³/mol. The van der Waals surface area contributed by atoms with Crippen molar-refractivity contribution in [2.24, 2.45) is 5.92 Å². The van der Waals surface area contributed by atoms with Crippen LogP contribution in [-0.2, 0) is 16.1 Å². The van der Waals surface area contributed by atoms with Crippen molar-refractivity contribution in [2.45, 2.75) is 32.9 Å². The Morgan fingerprint density at radius 1 is 1.03 bits per heavy atom. The number of nitrogens with zero attached hydrogens (tertiary/aromatic N) is 2. The van der Waals surface area contributed by atoms with Crippen molar-refractivity contribution in [1.29, 1.82) is 0 Å². The highest BCUT2D eigenvalue weighted by Crippen LogP contribution is 2.14. The lowest BCUT2D eigenvalue weighted by molar-refractivity contribution is -0.119. The number of nitrogens with one attached hydrogen (secondary N) is 2. The first-order chi connectivity index (χ1) is 14.6. The summed E-state index contributed by atoms with van der Waals surface area (Å²) in [6.07, 6.45) is 1.86. The van der Waals surface area contributed by atoms with Gasteiger partial charge in [-0.2, -0.15) is 5.10 Å². The minimum Gasteiger partial charge on any atom is -0.445 e. The molecule has 0 aliphatic carbocycles. The Balaban J connectivity index is 1.61. The molecule has 3 aromatic rings. The summed E-state index contributed by atoms with van der Waals surface area (Å²) in [5.41, 5.74) is 1.77. The Kier molecular flexibility index (Phi) is 7.21. The predicted octanol–water partition coefficient (Wildman–Crippen LogP) is 4.15. The lowest BCUT2D eigenvalue weighted by Gasteiger charge is -2.22. The Morgan fingerprint density at radius 3 is 2.37 bits per heavy atom. The van der Waals surface area contributed by atoms with Crippen LogP contribution >= 0.6 is 0 Å². The van der Waals surface area contributed by atoms with E-state index < -0.39 is 12.1 Å². The van der Waals surface area contributed by atoms with Crippen molar-refractivity contribution in [3.8, 4) is 5.69 Å². The van der Waals surface area contributed by atoms with Gasteiger partial charge in [0.1, 0.15) is 12.6 Å². The quantitative estimate of drug-likeness (QED) is 0.588. The fourth-order valence-corrected chi connectivity index (χ4v) is 2.91. The van der Waals surface area contributed by atoms with Gasteiger partial charge in [0.15, 0.2) is 5.82 Å². The van der Waals surface area contributed by atoms with Crippen LogP contribution in [0.3, 0.4) is 0 Å². The first kappa shape index (κ1) is 21.1. The van der Waals surface area contributed by atoms with Crippen LogP contribution in [0.15, 0.2) is 72.9 Å². The summed E-state index contributed by atoms with van der Waals surface area (Å²) in [5, 5.41) is 9.86. The second kappa shape index (κ2) is 10.2. The molecule has 1 heterocycles. The second-order valence-electron chi connectivity index (χ2n) is 7.04. The van der Waals surface area contributed by atoms with E-state index in [-0.39, 0.29) is 18.4 Å². The number of aromatic nitrogens is 2. The van der Waals surface area contributed by atoms with Gasteiger partial charge < -0.3 is 15.4 Å². The molecule has 0 aliphatic rings. The molecule has 0 aliphatic heterocycles. The van der Waals surface area contributed by atoms with Gasteiger partial charge in [-0.05, 0) is 23.6 Å². The Morgan fingerprint density at radius 2 is 1.70 bits per heavy atom. The van der Waals surface area contributed by atoms with Crippen molar-refractivity contribution in [2.75, 3.05) is 5.32 Å². The van der Waals surface area contributed by atoms with Crippen molar-refractivity contribution >= 4 is 17.8 Å². The number of hydrogen-bond acceptors (Lipinski definition) is 4. The van der Waals surface area contributed by atoms with E-state index in [1.54, 1.807) is 16.9 Å². The molecule has 30 heavy (non-hydrogen) atoms. The number of anilines is 1. The zero-order valence-corrected chi connectivity index (χ0v) is 17.1. The monoisotopic (exact) mass is 406 g/mol. The fraction of sp³-hybridized carbons (Fsp3) is 0.261. The molecule has 0 fully saturated rings. The number of hydrogen-bond donors (Lipinski definition) is 2. The maximum absolute atomic E-state index is 12.8. The summed E-state index contributed by atoms with van der Waals surface area (Å²) in [6, 6.07) is 20.0. The van der Waals surface area contributed by atoms with E-state index in [1.807, 2.05) is 74.5 Å². The molecule has 2 N–H and O–H groups in total. The highest BCUT2D eigenvalue weighted by atomic mass is 16.5. The number of amides is 2. The standard InChI is InChI=1S/C23H26N4O3/c1-3-17(2)21(25-23(29)30-16-18-10-6-4-7-11-18)22(28)24-20-14-15-27(26-20)19-12-8-5-9-13-19/h4-15,17,21H,3,16H2,1-2H3,(H,25,29)(H,24,26,28)/t17-,21-/m0/s1. The van der Waals surface area contributed by atoms with Crippen LogP contribution in [0, 0.1) is 5.92 Å². The van der Waals surface area contributed by atoms with Crippen molar-refractivity contribution in [3.05, 3.63) is 78.5 Å². The largest absolute Gasteiger partial charge is 0.445 e. The van der Waals surface area contributed by atoms with Crippen LogP contribution in [0.2, 0.25) is 0 Å². The second-order valence-corrected chi connectivity index (χ2v) is 7.04. The molecule has 2 amide bonds. The topological polar surface area (TPSA) is 85.2 Å². The molecule has 0 unspecified atom stereocenters. The minimum atomic E-state index is -0.736. The van der Waals surface area contributed by atoms with Gasteiger partial charge in [-0.15, -0.1) is 0 Å². The number of ether oxygens (including phenoxy) is 1. The molecule has 3 rings (SSSR count). The highest BCUT2D eigenvalue weighted by molar-refractivity contribution is 5.96. The van der Waals surface area contributed by atoms with Crippen LogP contribution < -0.4 is 10.6 Å². The van der Waals surface area contributed by atoms with E-state index in [0.29, 0.717) is 5.82 Å². The Hall–Kier alpha value is -3.61. The lowest BCUT2D eigenvalue weighted by Crippen LogP contribution is -2.47. The van der Waals surface area contributed by atoms with Gasteiger partial charge in [0.05, 0.1) is 5.69 Å². The number of rotatable bonds is 8. The molecule has 156 valence electrons. The maximum Gasteiger partial charge on any atom is 0.408 e. The summed E-state index contributed by atoms with van der Waals surface area (Å²) < 4.78 is 6.94. The summed E-state index contributed by atoms with van der Waals surface area (Å²) in [5.74, 6) is 0.00131. The molecule has 0 bridgehead atoms.